The van der Waals surface area contributed by atoms with Gasteiger partial charge in [-0.2, -0.15) is 11.8 Å². The van der Waals surface area contributed by atoms with Crippen molar-refractivity contribution >= 4 is 35.0 Å². The fraction of sp³-hybridized carbons (Fsp3) is 0.600. The Hall–Kier alpha value is 0.110. The van der Waals surface area contributed by atoms with Crippen LogP contribution in [0.2, 0.25) is 10.0 Å². The smallest absolute Gasteiger partial charge is 0.0595 e. The molecule has 0 spiro atoms. The minimum absolute atomic E-state index is 0.361. The lowest BCUT2D eigenvalue weighted by Crippen LogP contribution is -2.44. The average Bonchev–Trinajstić information content (AvgIpc) is 2.37. The van der Waals surface area contributed by atoms with Crippen LogP contribution < -0.4 is 5.32 Å². The molecule has 1 unspecified atom stereocenters. The van der Waals surface area contributed by atoms with Gasteiger partial charge in [0.05, 0.1) is 10.0 Å². The molecule has 0 heterocycles. The zero-order valence-electron chi connectivity index (χ0n) is 11.5. The highest BCUT2D eigenvalue weighted by Gasteiger charge is 2.36. The van der Waals surface area contributed by atoms with Crippen molar-refractivity contribution in [3.05, 3.63) is 33.8 Å². The third kappa shape index (κ3) is 3.60. The number of hydrogen-bond donors (Lipinski definition) is 1. The standard InChI is InChI=1S/C15H21Cl2NS/c1-3-14(11-5-6-12(16)13(17)9-11)18-10-15(19-2)7-4-8-15/h5-6,9,14,18H,3-4,7-8,10H2,1-2H3. The van der Waals surface area contributed by atoms with Gasteiger partial charge in [-0.15, -0.1) is 0 Å². The summed E-state index contributed by atoms with van der Waals surface area (Å²) in [7, 11) is 0. The lowest BCUT2D eigenvalue weighted by Gasteiger charge is -2.41. The molecule has 2 rings (SSSR count). The fourth-order valence-electron chi connectivity index (χ4n) is 2.56. The monoisotopic (exact) mass is 317 g/mol. The lowest BCUT2D eigenvalue weighted by molar-refractivity contribution is 0.328. The Balaban J connectivity index is 2.01. The highest BCUT2D eigenvalue weighted by molar-refractivity contribution is 8.00. The largest absolute Gasteiger partial charge is 0.309 e. The van der Waals surface area contributed by atoms with Crippen LogP contribution in [0, 0.1) is 0 Å². The fourth-order valence-corrected chi connectivity index (χ4v) is 3.79. The van der Waals surface area contributed by atoms with Crippen molar-refractivity contribution in [2.24, 2.45) is 0 Å². The molecule has 1 aliphatic carbocycles. The lowest BCUT2D eigenvalue weighted by atomic mass is 9.84. The van der Waals surface area contributed by atoms with Crippen molar-refractivity contribution in [1.82, 2.24) is 5.32 Å². The van der Waals surface area contributed by atoms with Crippen LogP contribution >= 0.6 is 35.0 Å². The highest BCUT2D eigenvalue weighted by atomic mass is 35.5. The molecule has 1 aromatic rings. The maximum absolute atomic E-state index is 6.11. The predicted octanol–water partition coefficient (Wildman–Crippen LogP) is 5.32. The summed E-state index contributed by atoms with van der Waals surface area (Å²) in [5.74, 6) is 0. The number of rotatable bonds is 6. The molecule has 1 atom stereocenters. The summed E-state index contributed by atoms with van der Waals surface area (Å²) in [5, 5.41) is 4.97. The van der Waals surface area contributed by atoms with E-state index < -0.39 is 0 Å². The summed E-state index contributed by atoms with van der Waals surface area (Å²) in [5.41, 5.74) is 1.23. The first kappa shape index (κ1) is 15.5. The van der Waals surface area contributed by atoms with E-state index in [0.29, 0.717) is 20.8 Å². The van der Waals surface area contributed by atoms with Crippen molar-refractivity contribution in [2.75, 3.05) is 12.8 Å². The van der Waals surface area contributed by atoms with E-state index in [1.54, 1.807) is 0 Å². The quantitative estimate of drug-likeness (QED) is 0.762. The molecule has 0 aliphatic heterocycles. The van der Waals surface area contributed by atoms with Crippen LogP contribution in [0.25, 0.3) is 0 Å². The van der Waals surface area contributed by atoms with Gasteiger partial charge in [0.15, 0.2) is 0 Å². The third-order valence-electron chi connectivity index (χ3n) is 4.12. The van der Waals surface area contributed by atoms with Gasteiger partial charge in [0.2, 0.25) is 0 Å². The van der Waals surface area contributed by atoms with Crippen LogP contribution in [0.4, 0.5) is 0 Å². The van der Waals surface area contributed by atoms with E-state index in [4.69, 9.17) is 23.2 Å². The first-order valence-corrected chi connectivity index (χ1v) is 8.82. The Bertz CT molecular complexity index is 427. The molecule has 106 valence electrons. The van der Waals surface area contributed by atoms with Gasteiger partial charge in [-0.1, -0.05) is 42.6 Å². The molecule has 0 amide bonds. The molecule has 0 bridgehead atoms. The molecule has 0 radical (unpaired) electrons. The van der Waals surface area contributed by atoms with Crippen molar-refractivity contribution in [3.8, 4) is 0 Å². The van der Waals surface area contributed by atoms with Crippen molar-refractivity contribution < 1.29 is 0 Å². The summed E-state index contributed by atoms with van der Waals surface area (Å²) >= 11 is 14.1. The minimum atomic E-state index is 0.361. The van der Waals surface area contributed by atoms with Gasteiger partial charge < -0.3 is 5.32 Å². The molecule has 1 N–H and O–H groups in total. The Labute approximate surface area is 130 Å². The Morgan fingerprint density at radius 2 is 2.05 bits per heavy atom. The van der Waals surface area contributed by atoms with Gasteiger partial charge in [0, 0.05) is 17.3 Å². The third-order valence-corrected chi connectivity index (χ3v) is 6.28. The summed E-state index contributed by atoms with van der Waals surface area (Å²) in [6, 6.07) is 6.30. The van der Waals surface area contributed by atoms with Gasteiger partial charge in [0.1, 0.15) is 0 Å². The second-order valence-electron chi connectivity index (χ2n) is 5.26. The van der Waals surface area contributed by atoms with Crippen LogP contribution in [0.1, 0.15) is 44.2 Å². The van der Waals surface area contributed by atoms with Gasteiger partial charge in [0.25, 0.3) is 0 Å². The van der Waals surface area contributed by atoms with E-state index in [9.17, 15) is 0 Å². The molecule has 1 fully saturated rings. The summed E-state index contributed by atoms with van der Waals surface area (Å²) in [6.07, 6.45) is 7.31. The Morgan fingerprint density at radius 3 is 2.53 bits per heavy atom. The molecule has 19 heavy (non-hydrogen) atoms. The summed E-state index contributed by atoms with van der Waals surface area (Å²) in [6.45, 7) is 3.28. The van der Waals surface area contributed by atoms with Gasteiger partial charge in [-0.3, -0.25) is 0 Å². The Kier molecular flexibility index (Phi) is 5.47. The molecule has 1 aliphatic rings. The second kappa shape index (κ2) is 6.71. The number of thioether (sulfide) groups is 1. The van der Waals surface area contributed by atoms with E-state index in [-0.39, 0.29) is 0 Å². The topological polar surface area (TPSA) is 12.0 Å². The van der Waals surface area contributed by atoms with E-state index in [1.807, 2.05) is 23.9 Å². The van der Waals surface area contributed by atoms with Crippen LogP contribution in [0.5, 0.6) is 0 Å². The average molecular weight is 318 g/mol. The zero-order valence-corrected chi connectivity index (χ0v) is 13.8. The SMILES string of the molecule is CCC(NCC1(SC)CCC1)c1ccc(Cl)c(Cl)c1. The van der Waals surface area contributed by atoms with Gasteiger partial charge in [-0.05, 0) is 43.2 Å². The summed E-state index contributed by atoms with van der Waals surface area (Å²) < 4.78 is 0.462. The van der Waals surface area contributed by atoms with Crippen LogP contribution in [0.3, 0.4) is 0 Å². The minimum Gasteiger partial charge on any atom is -0.309 e. The predicted molar refractivity (Wildman–Crippen MR) is 87.6 cm³/mol. The molecule has 0 aromatic heterocycles. The number of benzene rings is 1. The maximum atomic E-state index is 6.11. The number of hydrogen-bond acceptors (Lipinski definition) is 2. The first-order chi connectivity index (χ1) is 9.10. The number of nitrogens with one attached hydrogen (secondary N) is 1. The van der Waals surface area contributed by atoms with E-state index in [1.165, 1.54) is 24.8 Å². The van der Waals surface area contributed by atoms with E-state index in [0.717, 1.165) is 13.0 Å². The van der Waals surface area contributed by atoms with Crippen molar-refractivity contribution in [2.45, 2.75) is 43.4 Å². The number of halogens is 2. The summed E-state index contributed by atoms with van der Waals surface area (Å²) in [4.78, 5) is 0. The molecule has 1 saturated carbocycles. The highest BCUT2D eigenvalue weighted by Crippen LogP contribution is 2.42. The van der Waals surface area contributed by atoms with E-state index >= 15 is 0 Å². The van der Waals surface area contributed by atoms with Crippen molar-refractivity contribution in [3.63, 3.8) is 0 Å². The molecule has 0 saturated heterocycles. The van der Waals surface area contributed by atoms with Crippen molar-refractivity contribution in [1.29, 1.82) is 0 Å². The maximum Gasteiger partial charge on any atom is 0.0595 e. The zero-order chi connectivity index (χ0) is 13.9. The second-order valence-corrected chi connectivity index (χ2v) is 7.34. The molecule has 1 aromatic carbocycles. The van der Waals surface area contributed by atoms with Gasteiger partial charge >= 0.3 is 0 Å². The van der Waals surface area contributed by atoms with Crippen LogP contribution in [0.15, 0.2) is 18.2 Å². The molecule has 1 nitrogen and oxygen atoms in total. The molecule has 4 heteroatoms. The van der Waals surface area contributed by atoms with Crippen LogP contribution in [-0.4, -0.2) is 17.5 Å². The first-order valence-electron chi connectivity index (χ1n) is 6.84. The molecular formula is C15H21Cl2NS. The normalized spacial score (nSPS) is 18.9. The Morgan fingerprint density at radius 1 is 1.32 bits per heavy atom. The van der Waals surface area contributed by atoms with Crippen LogP contribution in [-0.2, 0) is 0 Å². The molecular weight excluding hydrogens is 297 g/mol. The van der Waals surface area contributed by atoms with E-state index in [2.05, 4.69) is 24.6 Å². The van der Waals surface area contributed by atoms with Gasteiger partial charge in [-0.25, -0.2) is 0 Å².